The van der Waals surface area contributed by atoms with Gasteiger partial charge in [0.05, 0.1) is 33.5 Å². The number of thiazole rings is 1. The average molecular weight is 574 g/mol. The van der Waals surface area contributed by atoms with E-state index in [-0.39, 0.29) is 50.6 Å². The van der Waals surface area contributed by atoms with Crippen LogP contribution in [0.2, 0.25) is 5.02 Å². The van der Waals surface area contributed by atoms with Gasteiger partial charge in [-0.2, -0.15) is 0 Å². The first-order valence-corrected chi connectivity index (χ1v) is 12.9. The number of rotatable bonds is 5. The van der Waals surface area contributed by atoms with Crippen LogP contribution in [0.4, 0.5) is 14.9 Å². The Morgan fingerprint density at radius 1 is 1.21 bits per heavy atom. The zero-order chi connectivity index (χ0) is 28.2. The van der Waals surface area contributed by atoms with Crippen molar-refractivity contribution in [1.82, 2.24) is 20.5 Å². The van der Waals surface area contributed by atoms with Crippen LogP contribution in [0.5, 0.6) is 5.75 Å². The number of aromatic nitrogens is 1. The topological polar surface area (TPSA) is 147 Å². The van der Waals surface area contributed by atoms with Gasteiger partial charge in [0.15, 0.2) is 11.6 Å². The maximum absolute atomic E-state index is 14.7. The number of hydrogen-bond acceptors (Lipinski definition) is 8. The predicted octanol–water partition coefficient (Wildman–Crippen LogP) is 3.56. The Hall–Kier alpha value is -4.10. The van der Waals surface area contributed by atoms with Gasteiger partial charge in [-0.15, -0.1) is 11.3 Å². The van der Waals surface area contributed by atoms with Crippen molar-refractivity contribution >= 4 is 68.5 Å². The van der Waals surface area contributed by atoms with E-state index in [0.717, 1.165) is 16.2 Å². The molecule has 6 amide bonds. The number of fused-ring (bicyclic) bond motifs is 2. The molecule has 2 aliphatic rings. The lowest BCUT2D eigenvalue weighted by Crippen LogP contribution is -2.54. The van der Waals surface area contributed by atoms with Gasteiger partial charge in [0, 0.05) is 18.2 Å². The molecule has 0 radical (unpaired) electrons. The summed E-state index contributed by atoms with van der Waals surface area (Å²) in [7, 11) is 1.33. The Labute approximate surface area is 229 Å². The molecule has 1 saturated heterocycles. The van der Waals surface area contributed by atoms with E-state index in [1.807, 2.05) is 0 Å². The van der Waals surface area contributed by atoms with E-state index < -0.39 is 47.1 Å². The lowest BCUT2D eigenvalue weighted by Gasteiger charge is -2.27. The van der Waals surface area contributed by atoms with Gasteiger partial charge in [0.2, 0.25) is 11.8 Å². The quantitative estimate of drug-likeness (QED) is 0.395. The smallest absolute Gasteiger partial charge is 0.319 e. The van der Waals surface area contributed by atoms with Gasteiger partial charge < -0.3 is 15.4 Å². The number of hydrogen-bond donors (Lipinski definition) is 3. The minimum absolute atomic E-state index is 0.00756. The number of benzene rings is 2. The van der Waals surface area contributed by atoms with Crippen LogP contribution in [0, 0.1) is 5.82 Å². The molecule has 0 aliphatic carbocycles. The SMILES string of the molecule is COc1cc(Cl)c2nc(C(C)(C)NC(=O)Nc3ccc4c(c3)C(=O)N(C3CCC(=O)NC3=O)C4=O)sc2c1F. The number of nitrogens with zero attached hydrogens (tertiary/aromatic N) is 2. The van der Waals surface area contributed by atoms with Crippen LogP contribution in [0.15, 0.2) is 24.3 Å². The number of methoxy groups -OCH3 is 1. The van der Waals surface area contributed by atoms with Crippen molar-refractivity contribution in [3.63, 3.8) is 0 Å². The Kier molecular flexibility index (Phi) is 6.51. The largest absolute Gasteiger partial charge is 0.494 e. The summed E-state index contributed by atoms with van der Waals surface area (Å²) < 4.78 is 20.0. The molecule has 0 bridgehead atoms. The van der Waals surface area contributed by atoms with Crippen LogP contribution in [0.25, 0.3) is 10.2 Å². The molecule has 1 aromatic heterocycles. The van der Waals surface area contributed by atoms with Gasteiger partial charge in [-0.3, -0.25) is 29.4 Å². The molecule has 3 N–H and O–H groups in total. The number of imide groups is 2. The van der Waals surface area contributed by atoms with Gasteiger partial charge in [0.25, 0.3) is 11.8 Å². The van der Waals surface area contributed by atoms with Crippen molar-refractivity contribution < 1.29 is 33.1 Å². The highest BCUT2D eigenvalue weighted by Crippen LogP contribution is 2.39. The highest BCUT2D eigenvalue weighted by molar-refractivity contribution is 7.18. The molecule has 2 aromatic carbocycles. The van der Waals surface area contributed by atoms with Gasteiger partial charge in [-0.05, 0) is 38.5 Å². The minimum atomic E-state index is -1.09. The van der Waals surface area contributed by atoms with E-state index in [2.05, 4.69) is 20.9 Å². The molecule has 14 heteroatoms. The molecular formula is C25H21ClFN5O6S. The van der Waals surface area contributed by atoms with Crippen molar-refractivity contribution in [1.29, 1.82) is 0 Å². The van der Waals surface area contributed by atoms with Gasteiger partial charge in [-0.1, -0.05) is 11.6 Å². The second-order valence-electron chi connectivity index (χ2n) is 9.48. The highest BCUT2D eigenvalue weighted by atomic mass is 35.5. The molecular weight excluding hydrogens is 553 g/mol. The molecule has 3 aromatic rings. The third kappa shape index (κ3) is 4.57. The molecule has 39 heavy (non-hydrogen) atoms. The van der Waals surface area contributed by atoms with Crippen molar-refractivity contribution in [3.05, 3.63) is 51.2 Å². The monoisotopic (exact) mass is 573 g/mol. The first-order valence-electron chi connectivity index (χ1n) is 11.7. The lowest BCUT2D eigenvalue weighted by atomic mass is 10.0. The Morgan fingerprint density at radius 3 is 2.62 bits per heavy atom. The number of ether oxygens (including phenoxy) is 1. The maximum Gasteiger partial charge on any atom is 0.319 e. The molecule has 1 unspecified atom stereocenters. The first kappa shape index (κ1) is 26.5. The highest BCUT2D eigenvalue weighted by Gasteiger charge is 2.44. The van der Waals surface area contributed by atoms with Gasteiger partial charge in [-0.25, -0.2) is 14.2 Å². The number of piperidine rings is 1. The Bertz CT molecular complexity index is 1610. The predicted molar refractivity (Wildman–Crippen MR) is 139 cm³/mol. The summed E-state index contributed by atoms with van der Waals surface area (Å²) in [5.74, 6) is -3.16. The summed E-state index contributed by atoms with van der Waals surface area (Å²) in [6.45, 7) is 3.35. The van der Waals surface area contributed by atoms with Gasteiger partial charge >= 0.3 is 6.03 Å². The van der Waals surface area contributed by atoms with Crippen LogP contribution < -0.4 is 20.7 Å². The number of halogens is 2. The zero-order valence-electron chi connectivity index (χ0n) is 20.8. The van der Waals surface area contributed by atoms with Crippen LogP contribution >= 0.6 is 22.9 Å². The van der Waals surface area contributed by atoms with Crippen molar-refractivity contribution in [3.8, 4) is 5.75 Å². The minimum Gasteiger partial charge on any atom is -0.494 e. The summed E-state index contributed by atoms with van der Waals surface area (Å²) in [4.78, 5) is 67.7. The second-order valence-corrected chi connectivity index (χ2v) is 10.9. The van der Waals surface area contributed by atoms with E-state index in [1.165, 1.54) is 31.4 Å². The Morgan fingerprint density at radius 2 is 1.92 bits per heavy atom. The van der Waals surface area contributed by atoms with Crippen molar-refractivity contribution in [2.24, 2.45) is 0 Å². The third-order valence-electron chi connectivity index (χ3n) is 6.41. The molecule has 1 atom stereocenters. The lowest BCUT2D eigenvalue weighted by molar-refractivity contribution is -0.136. The molecule has 11 nitrogen and oxygen atoms in total. The summed E-state index contributed by atoms with van der Waals surface area (Å²) in [5.41, 5.74) is -0.488. The van der Waals surface area contributed by atoms with Crippen LogP contribution in [-0.2, 0) is 15.1 Å². The molecule has 202 valence electrons. The number of anilines is 1. The average Bonchev–Trinajstić information content (AvgIpc) is 3.43. The summed E-state index contributed by atoms with van der Waals surface area (Å²) in [5, 5.41) is 8.11. The fourth-order valence-electron chi connectivity index (χ4n) is 4.45. The number of urea groups is 1. The third-order valence-corrected chi connectivity index (χ3v) is 8.06. The second kappa shape index (κ2) is 9.58. The van der Waals surface area contributed by atoms with E-state index in [4.69, 9.17) is 16.3 Å². The van der Waals surface area contributed by atoms with Crippen LogP contribution in [0.1, 0.15) is 52.4 Å². The zero-order valence-corrected chi connectivity index (χ0v) is 22.4. The number of nitrogens with one attached hydrogen (secondary N) is 3. The summed E-state index contributed by atoms with van der Waals surface area (Å²) in [6.07, 6.45) is 0.0417. The van der Waals surface area contributed by atoms with Crippen LogP contribution in [0.3, 0.4) is 0 Å². The summed E-state index contributed by atoms with van der Waals surface area (Å²) >= 11 is 7.26. The summed E-state index contributed by atoms with van der Waals surface area (Å²) in [6, 6.07) is 3.76. The van der Waals surface area contributed by atoms with Crippen molar-refractivity contribution in [2.75, 3.05) is 12.4 Å². The molecule has 2 aliphatic heterocycles. The molecule has 0 spiro atoms. The molecule has 0 saturated carbocycles. The van der Waals surface area contributed by atoms with E-state index in [1.54, 1.807) is 13.8 Å². The fraction of sp³-hybridized carbons (Fsp3) is 0.280. The van der Waals surface area contributed by atoms with E-state index in [9.17, 15) is 28.4 Å². The number of carbonyl (C=O) groups is 5. The van der Waals surface area contributed by atoms with Crippen molar-refractivity contribution in [2.45, 2.75) is 38.3 Å². The number of carbonyl (C=O) groups excluding carboxylic acids is 5. The molecule has 1 fully saturated rings. The molecule has 3 heterocycles. The van der Waals surface area contributed by atoms with Gasteiger partial charge in [0.1, 0.15) is 16.6 Å². The first-order chi connectivity index (χ1) is 18.4. The fourth-order valence-corrected chi connectivity index (χ4v) is 5.82. The normalized spacial score (nSPS) is 17.4. The maximum atomic E-state index is 14.7. The van der Waals surface area contributed by atoms with E-state index >= 15 is 0 Å². The van der Waals surface area contributed by atoms with E-state index in [0.29, 0.717) is 5.01 Å². The standard InChI is InChI=1S/C25H21ClFN5O6S/c1-25(2,23-30-18-13(26)9-15(38-3)17(27)19(18)39-23)31-24(37)28-10-4-5-11-12(8-10)22(36)32(21(11)35)14-6-7-16(33)29-20(14)34/h4-5,8-9,14H,6-7H2,1-3H3,(H2,28,31,37)(H,29,33,34). The van der Waals surface area contributed by atoms with Crippen LogP contribution in [-0.4, -0.2) is 52.7 Å². The number of amides is 6. The molecule has 5 rings (SSSR count). The Balaban J connectivity index is 1.33.